The van der Waals surface area contributed by atoms with Crippen molar-refractivity contribution in [1.29, 1.82) is 0 Å². The summed E-state index contributed by atoms with van der Waals surface area (Å²) >= 11 is 0. The largest absolute Gasteiger partial charge is 0.508 e. The highest BCUT2D eigenvalue weighted by Gasteiger charge is 2.39. The second-order valence-electron chi connectivity index (χ2n) is 12.7. The number of phenolic OH excluding ortho intramolecular Hbond substituents is 1. The molecule has 8 nitrogen and oxygen atoms in total. The van der Waals surface area contributed by atoms with Gasteiger partial charge in [-0.05, 0) is 89.6 Å². The molecular weight excluding hydrogens is 530 g/mol. The zero-order valence-corrected chi connectivity index (χ0v) is 26.3. The van der Waals surface area contributed by atoms with Gasteiger partial charge in [0.05, 0.1) is 0 Å². The lowest BCUT2D eigenvalue weighted by molar-refractivity contribution is -0.145. The van der Waals surface area contributed by atoms with Crippen LogP contribution in [0.4, 0.5) is 4.79 Å². The molecule has 0 heterocycles. The Hall–Kier alpha value is -3.55. The Morgan fingerprint density at radius 1 is 1.02 bits per heavy atom. The monoisotopic (exact) mass is 579 g/mol. The van der Waals surface area contributed by atoms with Crippen LogP contribution in [0.1, 0.15) is 101 Å². The summed E-state index contributed by atoms with van der Waals surface area (Å²) in [5.41, 5.74) is 2.76. The molecule has 3 unspecified atom stereocenters. The standard InChI is InChI=1S/C34H49N3O5/c1-8-24(4)37(30(28-19-14-22(2)20-23(28)3)31(39)35-26-12-10-9-11-13-26)32(40)29(36-33(41)42-34(5,6)7)21-25-15-17-27(38)18-16-25/h14-20,24,26,29-30,38H,8-13,21H2,1-7H3,(H,35,39)(H,36,41). The summed E-state index contributed by atoms with van der Waals surface area (Å²) in [5.74, 6) is -0.465. The first kappa shape index (κ1) is 33.0. The van der Waals surface area contributed by atoms with Crippen LogP contribution < -0.4 is 10.6 Å². The average molecular weight is 580 g/mol. The van der Waals surface area contributed by atoms with Gasteiger partial charge in [-0.3, -0.25) is 9.59 Å². The molecule has 0 spiro atoms. The van der Waals surface area contributed by atoms with E-state index in [-0.39, 0.29) is 36.1 Å². The molecule has 1 saturated carbocycles. The van der Waals surface area contributed by atoms with Crippen LogP contribution in [0.3, 0.4) is 0 Å². The van der Waals surface area contributed by atoms with Gasteiger partial charge in [-0.1, -0.05) is 62.1 Å². The van der Waals surface area contributed by atoms with E-state index in [1.807, 2.05) is 45.9 Å². The molecule has 0 saturated heterocycles. The maximum absolute atomic E-state index is 14.6. The fourth-order valence-corrected chi connectivity index (χ4v) is 5.57. The highest BCUT2D eigenvalue weighted by Crippen LogP contribution is 2.30. The molecule has 0 radical (unpaired) electrons. The highest BCUT2D eigenvalue weighted by atomic mass is 16.6. The first-order valence-corrected chi connectivity index (χ1v) is 15.3. The zero-order chi connectivity index (χ0) is 31.0. The number of hydrogen-bond acceptors (Lipinski definition) is 5. The topological polar surface area (TPSA) is 108 Å². The summed E-state index contributed by atoms with van der Waals surface area (Å²) in [4.78, 5) is 43.5. The molecule has 1 aliphatic carbocycles. The quantitative estimate of drug-likeness (QED) is 0.308. The van der Waals surface area contributed by atoms with E-state index in [1.165, 1.54) is 6.42 Å². The molecule has 1 aliphatic rings. The van der Waals surface area contributed by atoms with Gasteiger partial charge in [0.15, 0.2) is 0 Å². The molecule has 0 aliphatic heterocycles. The second-order valence-corrected chi connectivity index (χ2v) is 12.7. The highest BCUT2D eigenvalue weighted by molar-refractivity contribution is 5.93. The van der Waals surface area contributed by atoms with Crippen LogP contribution in [0.2, 0.25) is 0 Å². The minimum atomic E-state index is -1.01. The third-order valence-corrected chi connectivity index (χ3v) is 7.88. The van der Waals surface area contributed by atoms with E-state index in [1.54, 1.807) is 49.9 Å². The van der Waals surface area contributed by atoms with Crippen molar-refractivity contribution in [2.45, 2.75) is 123 Å². The minimum Gasteiger partial charge on any atom is -0.508 e. The zero-order valence-electron chi connectivity index (χ0n) is 26.3. The van der Waals surface area contributed by atoms with Crippen molar-refractivity contribution in [2.75, 3.05) is 0 Å². The van der Waals surface area contributed by atoms with Gasteiger partial charge in [0.25, 0.3) is 0 Å². The van der Waals surface area contributed by atoms with Gasteiger partial charge >= 0.3 is 6.09 Å². The summed E-state index contributed by atoms with van der Waals surface area (Å²) in [5, 5.41) is 15.9. The fraction of sp³-hybridized carbons (Fsp3) is 0.559. The van der Waals surface area contributed by atoms with Crippen molar-refractivity contribution in [2.24, 2.45) is 0 Å². The SMILES string of the molecule is CCC(C)N(C(=O)C(Cc1ccc(O)cc1)NC(=O)OC(C)(C)C)C(C(=O)NC1CCCCC1)c1ccc(C)cc1C. The van der Waals surface area contributed by atoms with Gasteiger partial charge in [-0.25, -0.2) is 4.79 Å². The predicted octanol–water partition coefficient (Wildman–Crippen LogP) is 6.26. The maximum Gasteiger partial charge on any atom is 0.408 e. The van der Waals surface area contributed by atoms with Gasteiger partial charge in [0, 0.05) is 18.5 Å². The number of phenols is 1. The van der Waals surface area contributed by atoms with E-state index in [2.05, 4.69) is 10.6 Å². The van der Waals surface area contributed by atoms with Crippen molar-refractivity contribution in [1.82, 2.24) is 15.5 Å². The number of nitrogens with zero attached hydrogens (tertiary/aromatic N) is 1. The number of aromatic hydroxyl groups is 1. The number of hydrogen-bond donors (Lipinski definition) is 3. The Labute approximate surface area is 251 Å². The Morgan fingerprint density at radius 3 is 2.24 bits per heavy atom. The van der Waals surface area contributed by atoms with Gasteiger partial charge in [-0.2, -0.15) is 0 Å². The maximum atomic E-state index is 14.6. The van der Waals surface area contributed by atoms with E-state index in [0.29, 0.717) is 6.42 Å². The van der Waals surface area contributed by atoms with Crippen molar-refractivity contribution in [3.8, 4) is 5.75 Å². The number of amides is 3. The molecule has 3 amide bonds. The van der Waals surface area contributed by atoms with E-state index in [9.17, 15) is 19.5 Å². The van der Waals surface area contributed by atoms with Crippen molar-refractivity contribution in [3.63, 3.8) is 0 Å². The van der Waals surface area contributed by atoms with E-state index < -0.39 is 23.8 Å². The van der Waals surface area contributed by atoms with Crippen molar-refractivity contribution in [3.05, 3.63) is 64.7 Å². The minimum absolute atomic E-state index is 0.0704. The van der Waals surface area contributed by atoms with E-state index >= 15 is 0 Å². The summed E-state index contributed by atoms with van der Waals surface area (Å²) in [6, 6.07) is 10.4. The molecule has 2 aromatic rings. The Kier molecular flexibility index (Phi) is 11.4. The molecular formula is C34H49N3O5. The lowest BCUT2D eigenvalue weighted by atomic mass is 9.92. The molecule has 8 heteroatoms. The van der Waals surface area contributed by atoms with E-state index in [4.69, 9.17) is 4.74 Å². The van der Waals surface area contributed by atoms with Crippen LogP contribution in [-0.4, -0.2) is 51.6 Å². The summed E-state index contributed by atoms with van der Waals surface area (Å²) in [7, 11) is 0. The number of nitrogens with one attached hydrogen (secondary N) is 2. The van der Waals surface area contributed by atoms with Gasteiger partial charge in [0.2, 0.25) is 11.8 Å². The average Bonchev–Trinajstić information content (AvgIpc) is 2.91. The first-order chi connectivity index (χ1) is 19.8. The molecule has 0 aromatic heterocycles. The van der Waals surface area contributed by atoms with Crippen LogP contribution >= 0.6 is 0 Å². The van der Waals surface area contributed by atoms with Crippen molar-refractivity contribution < 1.29 is 24.2 Å². The smallest absolute Gasteiger partial charge is 0.408 e. The molecule has 2 aromatic carbocycles. The lowest BCUT2D eigenvalue weighted by Gasteiger charge is -2.39. The summed E-state index contributed by atoms with van der Waals surface area (Å²) in [6.07, 6.45) is 5.22. The lowest BCUT2D eigenvalue weighted by Crippen LogP contribution is -2.56. The number of carbonyl (C=O) groups excluding carboxylic acids is 3. The first-order valence-electron chi connectivity index (χ1n) is 15.3. The summed E-state index contributed by atoms with van der Waals surface area (Å²) < 4.78 is 5.53. The number of rotatable bonds is 10. The Balaban J connectivity index is 2.07. The Bertz CT molecular complexity index is 1210. The van der Waals surface area contributed by atoms with Gasteiger partial charge in [-0.15, -0.1) is 0 Å². The third-order valence-electron chi connectivity index (χ3n) is 7.88. The normalized spacial score (nSPS) is 16.2. The number of ether oxygens (including phenoxy) is 1. The molecule has 3 rings (SSSR count). The number of benzene rings is 2. The second kappa shape index (κ2) is 14.6. The Morgan fingerprint density at radius 2 is 1.67 bits per heavy atom. The van der Waals surface area contributed by atoms with Crippen LogP contribution in [-0.2, 0) is 20.7 Å². The third kappa shape index (κ3) is 9.23. The number of aryl methyl sites for hydroxylation is 2. The van der Waals surface area contributed by atoms with Gasteiger partial charge in [0.1, 0.15) is 23.4 Å². The molecule has 230 valence electrons. The number of carbonyl (C=O) groups is 3. The molecule has 0 bridgehead atoms. The van der Waals surface area contributed by atoms with Gasteiger partial charge < -0.3 is 25.4 Å². The number of alkyl carbamates (subject to hydrolysis) is 1. The van der Waals surface area contributed by atoms with Crippen LogP contribution in [0.15, 0.2) is 42.5 Å². The van der Waals surface area contributed by atoms with Crippen LogP contribution in [0.25, 0.3) is 0 Å². The molecule has 3 N–H and O–H groups in total. The molecule has 3 atom stereocenters. The predicted molar refractivity (Wildman–Crippen MR) is 165 cm³/mol. The van der Waals surface area contributed by atoms with Crippen LogP contribution in [0.5, 0.6) is 5.75 Å². The van der Waals surface area contributed by atoms with Crippen molar-refractivity contribution >= 4 is 17.9 Å². The fourth-order valence-electron chi connectivity index (χ4n) is 5.57. The molecule has 1 fully saturated rings. The van der Waals surface area contributed by atoms with Crippen LogP contribution in [0, 0.1) is 13.8 Å². The molecule has 42 heavy (non-hydrogen) atoms. The summed E-state index contributed by atoms with van der Waals surface area (Å²) in [6.45, 7) is 13.2. The van der Waals surface area contributed by atoms with E-state index in [0.717, 1.165) is 47.9 Å².